The summed E-state index contributed by atoms with van der Waals surface area (Å²) in [5.41, 5.74) is 1.92. The van der Waals surface area contributed by atoms with Crippen molar-refractivity contribution in [2.45, 2.75) is 13.3 Å². The molecule has 0 aliphatic heterocycles. The average molecular weight is 147 g/mol. The molecule has 0 bridgehead atoms. The van der Waals surface area contributed by atoms with Gasteiger partial charge in [-0.2, -0.15) is 0 Å². The van der Waals surface area contributed by atoms with E-state index in [0.717, 1.165) is 23.1 Å². The molecule has 0 unspecified atom stereocenters. The van der Waals surface area contributed by atoms with E-state index in [2.05, 4.69) is 12.1 Å². The second-order valence-corrected chi connectivity index (χ2v) is 2.48. The summed E-state index contributed by atoms with van der Waals surface area (Å²) in [5, 5.41) is 5.07. The highest BCUT2D eigenvalue weighted by Crippen LogP contribution is 2.17. The number of hydrogen-bond acceptors (Lipinski definition) is 2. The highest BCUT2D eigenvalue weighted by Gasteiger charge is 2.02. The molecule has 2 heteroatoms. The Balaban J connectivity index is 2.76. The predicted molar refractivity (Wildman–Crippen MR) is 43.4 cm³/mol. The lowest BCUT2D eigenvalue weighted by Crippen LogP contribution is -1.77. The van der Waals surface area contributed by atoms with Gasteiger partial charge in [-0.15, -0.1) is 0 Å². The van der Waals surface area contributed by atoms with E-state index in [1.807, 2.05) is 24.3 Å². The van der Waals surface area contributed by atoms with Gasteiger partial charge >= 0.3 is 0 Å². The maximum Gasteiger partial charge on any atom is 0.167 e. The molecule has 1 aromatic carbocycles. The first kappa shape index (κ1) is 6.40. The maximum absolute atomic E-state index is 5.09. The van der Waals surface area contributed by atoms with Crippen molar-refractivity contribution in [3.63, 3.8) is 0 Å². The molecule has 0 fully saturated rings. The average Bonchev–Trinajstić information content (AvgIpc) is 2.47. The van der Waals surface area contributed by atoms with Gasteiger partial charge in [0.15, 0.2) is 5.58 Å². The third kappa shape index (κ3) is 0.909. The minimum absolute atomic E-state index is 0.879. The molecule has 0 N–H and O–H groups in total. The SMILES string of the molecule is CCc1noc2ccccc12. The van der Waals surface area contributed by atoms with Crippen LogP contribution in [0.4, 0.5) is 0 Å². The molecular formula is C9H9NO. The molecule has 0 aliphatic carbocycles. The summed E-state index contributed by atoms with van der Waals surface area (Å²) < 4.78 is 5.09. The van der Waals surface area contributed by atoms with Crippen LogP contribution in [-0.4, -0.2) is 5.16 Å². The van der Waals surface area contributed by atoms with Crippen molar-refractivity contribution in [1.82, 2.24) is 5.16 Å². The van der Waals surface area contributed by atoms with Crippen LogP contribution >= 0.6 is 0 Å². The molecule has 2 rings (SSSR count). The first-order valence-corrected chi connectivity index (χ1v) is 3.75. The second kappa shape index (κ2) is 2.38. The lowest BCUT2D eigenvalue weighted by atomic mass is 10.2. The molecule has 11 heavy (non-hydrogen) atoms. The standard InChI is InChI=1S/C9H9NO/c1-2-8-7-5-3-4-6-9(7)11-10-8/h3-6H,2H2,1H3. The summed E-state index contributed by atoms with van der Waals surface area (Å²) in [6.45, 7) is 2.07. The van der Waals surface area contributed by atoms with Crippen LogP contribution < -0.4 is 0 Å². The van der Waals surface area contributed by atoms with Crippen molar-refractivity contribution in [2.24, 2.45) is 0 Å². The van der Waals surface area contributed by atoms with E-state index < -0.39 is 0 Å². The van der Waals surface area contributed by atoms with Gasteiger partial charge in [0.05, 0.1) is 5.69 Å². The van der Waals surface area contributed by atoms with Crippen molar-refractivity contribution in [3.05, 3.63) is 30.0 Å². The third-order valence-corrected chi connectivity index (χ3v) is 1.79. The number of aromatic nitrogens is 1. The van der Waals surface area contributed by atoms with E-state index in [4.69, 9.17) is 4.52 Å². The molecular weight excluding hydrogens is 138 g/mol. The second-order valence-electron chi connectivity index (χ2n) is 2.48. The minimum Gasteiger partial charge on any atom is -0.356 e. The molecule has 0 amide bonds. The van der Waals surface area contributed by atoms with E-state index in [9.17, 15) is 0 Å². The third-order valence-electron chi connectivity index (χ3n) is 1.79. The number of para-hydroxylation sites is 1. The van der Waals surface area contributed by atoms with Gasteiger partial charge in [-0.25, -0.2) is 0 Å². The zero-order valence-corrected chi connectivity index (χ0v) is 6.37. The normalized spacial score (nSPS) is 10.6. The van der Waals surface area contributed by atoms with Crippen LogP contribution in [0.1, 0.15) is 12.6 Å². The van der Waals surface area contributed by atoms with Crippen LogP contribution in [0, 0.1) is 0 Å². The van der Waals surface area contributed by atoms with Crippen molar-refractivity contribution in [2.75, 3.05) is 0 Å². The number of hydrogen-bond donors (Lipinski definition) is 0. The summed E-state index contributed by atoms with van der Waals surface area (Å²) in [5.74, 6) is 0. The molecule has 1 aromatic heterocycles. The lowest BCUT2D eigenvalue weighted by Gasteiger charge is -1.85. The zero-order valence-electron chi connectivity index (χ0n) is 6.37. The summed E-state index contributed by atoms with van der Waals surface area (Å²) in [7, 11) is 0. The van der Waals surface area contributed by atoms with E-state index in [0.29, 0.717) is 0 Å². The van der Waals surface area contributed by atoms with Crippen LogP contribution in [-0.2, 0) is 6.42 Å². The van der Waals surface area contributed by atoms with Crippen LogP contribution in [0.15, 0.2) is 28.8 Å². The molecule has 1 heterocycles. The zero-order chi connectivity index (χ0) is 7.68. The maximum atomic E-state index is 5.09. The number of nitrogens with zero attached hydrogens (tertiary/aromatic N) is 1. The summed E-state index contributed by atoms with van der Waals surface area (Å²) >= 11 is 0. The van der Waals surface area contributed by atoms with Gasteiger partial charge in [-0.05, 0) is 18.6 Å². The Hall–Kier alpha value is -1.31. The van der Waals surface area contributed by atoms with Gasteiger partial charge in [-0.3, -0.25) is 0 Å². The smallest absolute Gasteiger partial charge is 0.167 e. The van der Waals surface area contributed by atoms with Gasteiger partial charge in [0, 0.05) is 5.39 Å². The topological polar surface area (TPSA) is 26.0 Å². The number of rotatable bonds is 1. The first-order chi connectivity index (χ1) is 5.42. The van der Waals surface area contributed by atoms with Crippen molar-refractivity contribution >= 4 is 11.0 Å². The number of benzene rings is 1. The summed E-state index contributed by atoms with van der Waals surface area (Å²) in [4.78, 5) is 0. The molecule has 0 saturated carbocycles. The van der Waals surface area contributed by atoms with Crippen molar-refractivity contribution in [3.8, 4) is 0 Å². The molecule has 0 radical (unpaired) electrons. The highest BCUT2D eigenvalue weighted by atomic mass is 16.5. The Bertz CT molecular complexity index is 364. The van der Waals surface area contributed by atoms with Gasteiger partial charge in [-0.1, -0.05) is 24.2 Å². The number of aryl methyl sites for hydroxylation is 1. The Kier molecular flexibility index (Phi) is 1.39. The van der Waals surface area contributed by atoms with Crippen LogP contribution in [0.25, 0.3) is 11.0 Å². The molecule has 0 spiro atoms. The fourth-order valence-corrected chi connectivity index (χ4v) is 1.19. The van der Waals surface area contributed by atoms with Crippen LogP contribution in [0.5, 0.6) is 0 Å². The first-order valence-electron chi connectivity index (χ1n) is 3.75. The molecule has 0 atom stereocenters. The van der Waals surface area contributed by atoms with Gasteiger partial charge < -0.3 is 4.52 Å². The fraction of sp³-hybridized carbons (Fsp3) is 0.222. The predicted octanol–water partition coefficient (Wildman–Crippen LogP) is 2.39. The largest absolute Gasteiger partial charge is 0.356 e. The van der Waals surface area contributed by atoms with E-state index in [1.54, 1.807) is 0 Å². The fourth-order valence-electron chi connectivity index (χ4n) is 1.19. The summed E-state index contributed by atoms with van der Waals surface area (Å²) in [6, 6.07) is 7.91. The Morgan fingerprint density at radius 1 is 1.36 bits per heavy atom. The Morgan fingerprint density at radius 3 is 3.00 bits per heavy atom. The van der Waals surface area contributed by atoms with Crippen LogP contribution in [0.2, 0.25) is 0 Å². The molecule has 2 nitrogen and oxygen atoms in total. The van der Waals surface area contributed by atoms with E-state index in [-0.39, 0.29) is 0 Å². The minimum atomic E-state index is 0.879. The van der Waals surface area contributed by atoms with Gasteiger partial charge in [0.25, 0.3) is 0 Å². The molecule has 0 saturated heterocycles. The quantitative estimate of drug-likeness (QED) is 0.619. The molecule has 56 valence electrons. The Morgan fingerprint density at radius 2 is 2.18 bits per heavy atom. The summed E-state index contributed by atoms with van der Waals surface area (Å²) in [6.07, 6.45) is 0.928. The monoisotopic (exact) mass is 147 g/mol. The number of fused-ring (bicyclic) bond motifs is 1. The molecule has 0 aliphatic rings. The van der Waals surface area contributed by atoms with Crippen molar-refractivity contribution < 1.29 is 4.52 Å². The lowest BCUT2D eigenvalue weighted by molar-refractivity contribution is 0.447. The van der Waals surface area contributed by atoms with Crippen LogP contribution in [0.3, 0.4) is 0 Å². The molecule has 2 aromatic rings. The van der Waals surface area contributed by atoms with E-state index >= 15 is 0 Å². The Labute approximate surface area is 64.8 Å². The van der Waals surface area contributed by atoms with E-state index in [1.165, 1.54) is 0 Å². The van der Waals surface area contributed by atoms with Crippen molar-refractivity contribution in [1.29, 1.82) is 0 Å². The van der Waals surface area contributed by atoms with Gasteiger partial charge in [0.2, 0.25) is 0 Å². The highest BCUT2D eigenvalue weighted by molar-refractivity contribution is 5.79. The van der Waals surface area contributed by atoms with Gasteiger partial charge in [0.1, 0.15) is 0 Å².